The lowest BCUT2D eigenvalue weighted by molar-refractivity contribution is -0.0368. The van der Waals surface area contributed by atoms with E-state index in [2.05, 4.69) is 11.9 Å². The zero-order valence-electron chi connectivity index (χ0n) is 15.2. The van der Waals surface area contributed by atoms with Crippen LogP contribution in [0.5, 0.6) is 0 Å². The number of aromatic carboxylic acids is 1. The van der Waals surface area contributed by atoms with Crippen LogP contribution in [-0.2, 0) is 4.74 Å². The van der Waals surface area contributed by atoms with Gasteiger partial charge in [0.25, 0.3) is 5.91 Å². The van der Waals surface area contributed by atoms with Crippen LogP contribution in [0.2, 0.25) is 0 Å². The molecule has 6 nitrogen and oxygen atoms in total. The molecule has 27 heavy (non-hydrogen) atoms. The van der Waals surface area contributed by atoms with Crippen molar-refractivity contribution in [2.75, 3.05) is 33.3 Å². The summed E-state index contributed by atoms with van der Waals surface area (Å²) in [7, 11) is 2.06. The van der Waals surface area contributed by atoms with Gasteiger partial charge in [-0.1, -0.05) is 36.4 Å². The fourth-order valence-electron chi connectivity index (χ4n) is 4.00. The molecule has 0 aliphatic carbocycles. The van der Waals surface area contributed by atoms with Crippen LogP contribution < -0.4 is 0 Å². The quantitative estimate of drug-likeness (QED) is 0.902. The first kappa shape index (κ1) is 17.7. The highest BCUT2D eigenvalue weighted by Crippen LogP contribution is 2.30. The van der Waals surface area contributed by atoms with E-state index in [9.17, 15) is 14.7 Å². The predicted octanol–water partition coefficient (Wildman–Crippen LogP) is 2.21. The zero-order valence-corrected chi connectivity index (χ0v) is 15.2. The van der Waals surface area contributed by atoms with Gasteiger partial charge in [-0.05, 0) is 30.3 Å². The van der Waals surface area contributed by atoms with Gasteiger partial charge in [0, 0.05) is 25.2 Å². The van der Waals surface area contributed by atoms with Crippen molar-refractivity contribution in [2.24, 2.45) is 0 Å². The number of carbonyl (C=O) groups excluding carboxylic acids is 1. The summed E-state index contributed by atoms with van der Waals surface area (Å²) in [4.78, 5) is 29.0. The summed E-state index contributed by atoms with van der Waals surface area (Å²) in [5, 5.41) is 9.52. The molecular weight excluding hydrogens is 344 g/mol. The number of ether oxygens (including phenoxy) is 1. The van der Waals surface area contributed by atoms with E-state index in [1.165, 1.54) is 0 Å². The maximum Gasteiger partial charge on any atom is 0.336 e. The highest BCUT2D eigenvalue weighted by Gasteiger charge is 2.40. The van der Waals surface area contributed by atoms with Crippen LogP contribution in [0, 0.1) is 0 Å². The Labute approximate surface area is 158 Å². The second-order valence-electron chi connectivity index (χ2n) is 7.06. The van der Waals surface area contributed by atoms with Crippen molar-refractivity contribution in [3.05, 3.63) is 59.7 Å². The van der Waals surface area contributed by atoms with Gasteiger partial charge in [0.15, 0.2) is 0 Å². The lowest BCUT2D eigenvalue weighted by Gasteiger charge is -2.33. The number of nitrogens with zero attached hydrogens (tertiary/aromatic N) is 2. The van der Waals surface area contributed by atoms with Crippen molar-refractivity contribution in [3.63, 3.8) is 0 Å². The molecule has 6 heteroatoms. The van der Waals surface area contributed by atoms with Crippen LogP contribution in [0.1, 0.15) is 20.7 Å². The van der Waals surface area contributed by atoms with Crippen molar-refractivity contribution < 1.29 is 19.4 Å². The van der Waals surface area contributed by atoms with Gasteiger partial charge in [0.05, 0.1) is 24.3 Å². The highest BCUT2D eigenvalue weighted by atomic mass is 16.5. The second-order valence-corrected chi connectivity index (χ2v) is 7.06. The number of morpholine rings is 1. The maximum atomic E-state index is 13.3. The Morgan fingerprint density at radius 1 is 1.00 bits per heavy atom. The van der Waals surface area contributed by atoms with E-state index in [4.69, 9.17) is 4.74 Å². The summed E-state index contributed by atoms with van der Waals surface area (Å²) in [6.07, 6.45) is 0.0335. The Hall–Kier alpha value is -2.70. The molecular formula is C21H22N2O4. The molecule has 0 aromatic heterocycles. The van der Waals surface area contributed by atoms with Crippen LogP contribution in [0.15, 0.2) is 48.5 Å². The highest BCUT2D eigenvalue weighted by molar-refractivity contribution is 6.04. The number of benzene rings is 2. The number of amides is 1. The summed E-state index contributed by atoms with van der Waals surface area (Å²) >= 11 is 0. The molecule has 2 atom stereocenters. The molecule has 4 rings (SSSR count). The van der Waals surface area contributed by atoms with Crippen LogP contribution in [-0.4, -0.2) is 72.2 Å². The average molecular weight is 366 g/mol. The molecule has 2 fully saturated rings. The lowest BCUT2D eigenvalue weighted by atomic mass is 9.95. The first-order valence-electron chi connectivity index (χ1n) is 9.09. The maximum absolute atomic E-state index is 13.3. The van der Waals surface area contributed by atoms with Crippen molar-refractivity contribution in [1.82, 2.24) is 9.80 Å². The van der Waals surface area contributed by atoms with Crippen molar-refractivity contribution in [1.29, 1.82) is 0 Å². The van der Waals surface area contributed by atoms with Crippen LogP contribution >= 0.6 is 0 Å². The molecule has 0 radical (unpaired) electrons. The van der Waals surface area contributed by atoms with Gasteiger partial charge in [-0.3, -0.25) is 9.69 Å². The molecule has 2 aliphatic heterocycles. The average Bonchev–Trinajstić information content (AvgIpc) is 3.13. The molecule has 0 unspecified atom stereocenters. The van der Waals surface area contributed by atoms with E-state index >= 15 is 0 Å². The molecule has 0 bridgehead atoms. The van der Waals surface area contributed by atoms with Gasteiger partial charge >= 0.3 is 5.97 Å². The molecule has 1 N–H and O–H groups in total. The molecule has 2 aliphatic rings. The fraction of sp³-hybridized carbons (Fsp3) is 0.333. The second kappa shape index (κ2) is 7.13. The summed E-state index contributed by atoms with van der Waals surface area (Å²) < 4.78 is 5.84. The van der Waals surface area contributed by atoms with E-state index in [-0.39, 0.29) is 23.6 Å². The lowest BCUT2D eigenvalue weighted by Crippen LogP contribution is -2.48. The normalized spacial score (nSPS) is 22.5. The van der Waals surface area contributed by atoms with E-state index in [1.807, 2.05) is 17.0 Å². The number of hydrogen-bond donors (Lipinski definition) is 1. The molecule has 2 saturated heterocycles. The number of fused-ring (bicyclic) bond motifs is 1. The predicted molar refractivity (Wildman–Crippen MR) is 101 cm³/mol. The molecule has 2 aromatic carbocycles. The SMILES string of the molecule is CN1CCO[C@@H]2CN(C(=O)c3ccccc3-c3ccccc3C(=O)O)C[C@@H]21. The molecule has 140 valence electrons. The smallest absolute Gasteiger partial charge is 0.336 e. The van der Waals surface area contributed by atoms with Gasteiger partial charge in [0.2, 0.25) is 0 Å². The number of hydrogen-bond acceptors (Lipinski definition) is 4. The number of rotatable bonds is 3. The summed E-state index contributed by atoms with van der Waals surface area (Å²) in [5.74, 6) is -1.09. The van der Waals surface area contributed by atoms with Gasteiger partial charge < -0.3 is 14.7 Å². The third-order valence-electron chi connectivity index (χ3n) is 5.47. The van der Waals surface area contributed by atoms with Crippen molar-refractivity contribution >= 4 is 11.9 Å². The van der Waals surface area contributed by atoms with Crippen LogP contribution in [0.4, 0.5) is 0 Å². The topological polar surface area (TPSA) is 70.1 Å². The third-order valence-corrected chi connectivity index (χ3v) is 5.47. The fourth-order valence-corrected chi connectivity index (χ4v) is 4.00. The van der Waals surface area contributed by atoms with E-state index in [0.29, 0.717) is 36.4 Å². The van der Waals surface area contributed by atoms with Crippen LogP contribution in [0.3, 0.4) is 0 Å². The minimum absolute atomic E-state index is 0.0335. The van der Waals surface area contributed by atoms with E-state index in [0.717, 1.165) is 6.54 Å². The zero-order chi connectivity index (χ0) is 19.0. The van der Waals surface area contributed by atoms with Crippen molar-refractivity contribution in [3.8, 4) is 11.1 Å². The standard InChI is InChI=1S/C21H22N2O4/c1-22-10-11-27-19-13-23(12-18(19)22)20(24)16-8-4-2-6-14(16)15-7-3-5-9-17(15)21(25)26/h2-9,18-19H,10-13H2,1H3,(H,25,26)/t18-,19+/m0/s1. The number of likely N-dealkylation sites (tertiary alicyclic amines) is 1. The molecule has 1 amide bonds. The Balaban J connectivity index is 1.68. The first-order chi connectivity index (χ1) is 13.1. The van der Waals surface area contributed by atoms with E-state index in [1.54, 1.807) is 36.4 Å². The summed E-state index contributed by atoms with van der Waals surface area (Å²) in [6, 6.07) is 14.2. The molecule has 2 aromatic rings. The van der Waals surface area contributed by atoms with Crippen LogP contribution in [0.25, 0.3) is 11.1 Å². The number of likely N-dealkylation sites (N-methyl/N-ethyl adjacent to an activating group) is 1. The van der Waals surface area contributed by atoms with Gasteiger partial charge in [-0.25, -0.2) is 4.79 Å². The van der Waals surface area contributed by atoms with E-state index < -0.39 is 5.97 Å². The van der Waals surface area contributed by atoms with Gasteiger partial charge in [-0.2, -0.15) is 0 Å². The Bertz CT molecular complexity index is 882. The molecule has 0 saturated carbocycles. The monoisotopic (exact) mass is 366 g/mol. The van der Waals surface area contributed by atoms with Crippen molar-refractivity contribution in [2.45, 2.75) is 12.1 Å². The summed E-state index contributed by atoms with van der Waals surface area (Å²) in [5.41, 5.74) is 1.91. The summed E-state index contributed by atoms with van der Waals surface area (Å²) in [6.45, 7) is 2.73. The Morgan fingerprint density at radius 3 is 2.30 bits per heavy atom. The largest absolute Gasteiger partial charge is 0.478 e. The number of carboxylic acids is 1. The Morgan fingerprint density at radius 2 is 1.63 bits per heavy atom. The van der Waals surface area contributed by atoms with Gasteiger partial charge in [-0.15, -0.1) is 0 Å². The Kier molecular flexibility index (Phi) is 4.68. The third kappa shape index (κ3) is 3.22. The van der Waals surface area contributed by atoms with Gasteiger partial charge in [0.1, 0.15) is 0 Å². The number of carbonyl (C=O) groups is 2. The minimum atomic E-state index is -1.00. The first-order valence-corrected chi connectivity index (χ1v) is 9.09. The number of carboxylic acid groups (broad SMARTS) is 1. The minimum Gasteiger partial charge on any atom is -0.478 e. The molecule has 0 spiro atoms. The molecule has 2 heterocycles.